The molecule has 0 atom stereocenters. The van der Waals surface area contributed by atoms with Crippen LogP contribution in [0.1, 0.15) is 20.3 Å². The monoisotopic (exact) mass is 224 g/mol. The molecule has 0 amide bonds. The summed E-state index contributed by atoms with van der Waals surface area (Å²) in [5.41, 5.74) is 0. The Kier molecular flexibility index (Phi) is 6.25. The molecule has 0 aromatic carbocycles. The first-order valence-electron chi connectivity index (χ1n) is 5.74. The van der Waals surface area contributed by atoms with E-state index in [1.165, 1.54) is 0 Å². The van der Waals surface area contributed by atoms with Gasteiger partial charge in [0.1, 0.15) is 18.0 Å². The highest BCUT2D eigenvalue weighted by atomic mass is 16.5. The molecule has 0 radical (unpaired) electrons. The van der Waals surface area contributed by atoms with Gasteiger partial charge < -0.3 is 15.4 Å². The zero-order chi connectivity index (χ0) is 11.6. The number of hydrogen-bond donors (Lipinski definition) is 2. The molecule has 0 aliphatic carbocycles. The van der Waals surface area contributed by atoms with Crippen LogP contribution in [0.5, 0.6) is 0 Å². The summed E-state index contributed by atoms with van der Waals surface area (Å²) in [5, 5.41) is 6.37. The Morgan fingerprint density at radius 3 is 2.62 bits per heavy atom. The van der Waals surface area contributed by atoms with Gasteiger partial charge in [0.2, 0.25) is 0 Å². The van der Waals surface area contributed by atoms with E-state index in [2.05, 4.69) is 20.6 Å². The molecule has 90 valence electrons. The Morgan fingerprint density at radius 2 is 1.94 bits per heavy atom. The Morgan fingerprint density at radius 1 is 1.19 bits per heavy atom. The molecule has 0 aliphatic heterocycles. The van der Waals surface area contributed by atoms with Gasteiger partial charge in [-0.15, -0.1) is 0 Å². The van der Waals surface area contributed by atoms with Gasteiger partial charge in [0, 0.05) is 32.4 Å². The lowest BCUT2D eigenvalue weighted by Gasteiger charge is -2.07. The highest BCUT2D eigenvalue weighted by Gasteiger charge is 1.96. The first-order valence-corrected chi connectivity index (χ1v) is 5.74. The van der Waals surface area contributed by atoms with Crippen LogP contribution in [0, 0.1) is 0 Å². The third-order valence-electron chi connectivity index (χ3n) is 2.00. The van der Waals surface area contributed by atoms with Crippen molar-refractivity contribution in [1.82, 2.24) is 9.97 Å². The Labute approximate surface area is 96.6 Å². The second kappa shape index (κ2) is 7.87. The number of hydrogen-bond acceptors (Lipinski definition) is 5. The Balaban J connectivity index is 2.27. The molecular weight excluding hydrogens is 204 g/mol. The van der Waals surface area contributed by atoms with Crippen LogP contribution >= 0.6 is 0 Å². The number of nitrogens with one attached hydrogen (secondary N) is 2. The van der Waals surface area contributed by atoms with Crippen molar-refractivity contribution in [3.05, 3.63) is 12.4 Å². The maximum absolute atomic E-state index is 5.25. The molecule has 0 unspecified atom stereocenters. The predicted octanol–water partition coefficient (Wildman–Crippen LogP) is 1.75. The van der Waals surface area contributed by atoms with Crippen LogP contribution in [0.3, 0.4) is 0 Å². The molecular formula is C11H20N4O. The molecule has 2 N–H and O–H groups in total. The topological polar surface area (TPSA) is 59.1 Å². The van der Waals surface area contributed by atoms with Crippen LogP contribution in [0.25, 0.3) is 0 Å². The van der Waals surface area contributed by atoms with E-state index in [1.807, 2.05) is 19.9 Å². The zero-order valence-corrected chi connectivity index (χ0v) is 9.99. The second-order valence-corrected chi connectivity index (χ2v) is 3.30. The summed E-state index contributed by atoms with van der Waals surface area (Å²) in [5.74, 6) is 1.70. The van der Waals surface area contributed by atoms with Crippen molar-refractivity contribution >= 4 is 11.6 Å². The van der Waals surface area contributed by atoms with Crippen molar-refractivity contribution in [3.8, 4) is 0 Å². The molecule has 0 saturated heterocycles. The minimum Gasteiger partial charge on any atom is -0.382 e. The summed E-state index contributed by atoms with van der Waals surface area (Å²) in [6.07, 6.45) is 2.54. The zero-order valence-electron chi connectivity index (χ0n) is 9.99. The van der Waals surface area contributed by atoms with Gasteiger partial charge in [-0.2, -0.15) is 0 Å². The van der Waals surface area contributed by atoms with Gasteiger partial charge in [-0.05, 0) is 20.3 Å². The van der Waals surface area contributed by atoms with Crippen LogP contribution < -0.4 is 10.6 Å². The van der Waals surface area contributed by atoms with E-state index in [0.717, 1.165) is 44.4 Å². The molecule has 0 bridgehead atoms. The summed E-state index contributed by atoms with van der Waals surface area (Å²) in [7, 11) is 0. The minimum absolute atomic E-state index is 0.776. The standard InChI is InChI=1S/C11H20N4O/c1-3-12-10-8-11(15-9-14-10)13-6-5-7-16-4-2/h8-9H,3-7H2,1-2H3,(H2,12,13,14,15). The third kappa shape index (κ3) is 4.93. The van der Waals surface area contributed by atoms with Gasteiger partial charge in [-0.1, -0.05) is 0 Å². The number of anilines is 2. The van der Waals surface area contributed by atoms with Crippen LogP contribution in [0.15, 0.2) is 12.4 Å². The normalized spacial score (nSPS) is 10.1. The van der Waals surface area contributed by atoms with Gasteiger partial charge in [0.25, 0.3) is 0 Å². The van der Waals surface area contributed by atoms with Crippen LogP contribution in [0.2, 0.25) is 0 Å². The molecule has 16 heavy (non-hydrogen) atoms. The molecule has 0 saturated carbocycles. The lowest BCUT2D eigenvalue weighted by atomic mass is 10.4. The van der Waals surface area contributed by atoms with Gasteiger partial charge in [0.15, 0.2) is 0 Å². The molecule has 1 aromatic heterocycles. The highest BCUT2D eigenvalue weighted by molar-refractivity contribution is 5.46. The van der Waals surface area contributed by atoms with Crippen molar-refractivity contribution in [2.24, 2.45) is 0 Å². The van der Waals surface area contributed by atoms with Gasteiger partial charge in [0.05, 0.1) is 0 Å². The van der Waals surface area contributed by atoms with E-state index in [0.29, 0.717) is 0 Å². The quantitative estimate of drug-likeness (QED) is 0.659. The van der Waals surface area contributed by atoms with E-state index < -0.39 is 0 Å². The van der Waals surface area contributed by atoms with Crippen molar-refractivity contribution in [3.63, 3.8) is 0 Å². The average molecular weight is 224 g/mol. The fourth-order valence-corrected chi connectivity index (χ4v) is 1.27. The molecule has 0 fully saturated rings. The molecule has 0 aliphatic rings. The summed E-state index contributed by atoms with van der Waals surface area (Å²) in [6, 6.07) is 1.91. The summed E-state index contributed by atoms with van der Waals surface area (Å²) >= 11 is 0. The van der Waals surface area contributed by atoms with Crippen molar-refractivity contribution in [2.75, 3.05) is 36.9 Å². The summed E-state index contributed by atoms with van der Waals surface area (Å²) < 4.78 is 5.25. The average Bonchev–Trinajstić information content (AvgIpc) is 2.30. The second-order valence-electron chi connectivity index (χ2n) is 3.30. The lowest BCUT2D eigenvalue weighted by molar-refractivity contribution is 0.147. The van der Waals surface area contributed by atoms with Gasteiger partial charge in [-0.3, -0.25) is 0 Å². The van der Waals surface area contributed by atoms with E-state index in [9.17, 15) is 0 Å². The Hall–Kier alpha value is -1.36. The molecule has 0 spiro atoms. The third-order valence-corrected chi connectivity index (χ3v) is 2.00. The molecule has 1 aromatic rings. The maximum Gasteiger partial charge on any atom is 0.131 e. The summed E-state index contributed by atoms with van der Waals surface area (Å²) in [6.45, 7) is 7.33. The lowest BCUT2D eigenvalue weighted by Crippen LogP contribution is -2.08. The van der Waals surface area contributed by atoms with Crippen LogP contribution in [-0.2, 0) is 4.74 Å². The summed E-state index contributed by atoms with van der Waals surface area (Å²) in [4.78, 5) is 8.24. The fraction of sp³-hybridized carbons (Fsp3) is 0.636. The van der Waals surface area contributed by atoms with Crippen LogP contribution in [0.4, 0.5) is 11.6 Å². The van der Waals surface area contributed by atoms with Crippen LogP contribution in [-0.4, -0.2) is 36.3 Å². The van der Waals surface area contributed by atoms with E-state index in [-0.39, 0.29) is 0 Å². The smallest absolute Gasteiger partial charge is 0.131 e. The SMILES string of the molecule is CCNc1cc(NCCCOCC)ncn1. The first-order chi connectivity index (χ1) is 7.86. The van der Waals surface area contributed by atoms with E-state index in [4.69, 9.17) is 4.74 Å². The molecule has 1 heterocycles. The Bertz CT molecular complexity index is 293. The van der Waals surface area contributed by atoms with E-state index in [1.54, 1.807) is 6.33 Å². The first kappa shape index (κ1) is 12.7. The van der Waals surface area contributed by atoms with E-state index >= 15 is 0 Å². The van der Waals surface area contributed by atoms with Crippen molar-refractivity contribution in [2.45, 2.75) is 20.3 Å². The minimum atomic E-state index is 0.776. The number of rotatable bonds is 8. The number of ether oxygens (including phenoxy) is 1. The highest BCUT2D eigenvalue weighted by Crippen LogP contribution is 2.07. The largest absolute Gasteiger partial charge is 0.382 e. The fourth-order valence-electron chi connectivity index (χ4n) is 1.27. The van der Waals surface area contributed by atoms with Crippen molar-refractivity contribution < 1.29 is 4.74 Å². The number of aromatic nitrogens is 2. The predicted molar refractivity (Wildman–Crippen MR) is 65.8 cm³/mol. The molecule has 5 nitrogen and oxygen atoms in total. The number of nitrogens with zero attached hydrogens (tertiary/aromatic N) is 2. The van der Waals surface area contributed by atoms with Gasteiger partial charge in [-0.25, -0.2) is 9.97 Å². The molecule has 5 heteroatoms. The maximum atomic E-state index is 5.25. The van der Waals surface area contributed by atoms with Gasteiger partial charge >= 0.3 is 0 Å². The van der Waals surface area contributed by atoms with Crippen molar-refractivity contribution in [1.29, 1.82) is 0 Å². The molecule has 1 rings (SSSR count).